The molecule has 6 rings (SSSR count). The van der Waals surface area contributed by atoms with E-state index in [9.17, 15) is 4.79 Å². The van der Waals surface area contributed by atoms with Crippen LogP contribution >= 0.6 is 0 Å². The zero-order valence-corrected chi connectivity index (χ0v) is 23.5. The fraction of sp³-hybridized carbons (Fsp3) is 0.545. The molecule has 1 saturated carbocycles. The first-order chi connectivity index (χ1) is 19.2. The van der Waals surface area contributed by atoms with Gasteiger partial charge in [0.1, 0.15) is 0 Å². The van der Waals surface area contributed by atoms with Crippen LogP contribution in [0.3, 0.4) is 0 Å². The highest BCUT2D eigenvalue weighted by atomic mass is 16.5. The van der Waals surface area contributed by atoms with Crippen molar-refractivity contribution in [2.45, 2.75) is 70.0 Å². The van der Waals surface area contributed by atoms with Gasteiger partial charge in [-0.15, -0.1) is 0 Å². The third-order valence-electron chi connectivity index (χ3n) is 9.05. The maximum atomic E-state index is 14.4. The van der Waals surface area contributed by atoms with Crippen molar-refractivity contribution < 1.29 is 9.53 Å². The Bertz CT molecular complexity index is 1260. The number of aryl methyl sites for hydroxylation is 1. The Labute approximate surface area is 233 Å². The Morgan fingerprint density at radius 1 is 1.05 bits per heavy atom. The maximum absolute atomic E-state index is 14.4. The molecule has 39 heavy (non-hydrogen) atoms. The number of amides is 1. The first-order valence-electron chi connectivity index (χ1n) is 15.1. The van der Waals surface area contributed by atoms with Crippen LogP contribution in [0.1, 0.15) is 62.0 Å². The number of piperidine rings is 2. The number of fused-ring (bicyclic) bond motifs is 1. The third kappa shape index (κ3) is 5.87. The van der Waals surface area contributed by atoms with E-state index in [4.69, 9.17) is 4.74 Å². The minimum atomic E-state index is -0.0222. The van der Waals surface area contributed by atoms with Crippen molar-refractivity contribution in [1.29, 1.82) is 0 Å². The molecule has 3 aliphatic rings. The predicted molar refractivity (Wildman–Crippen MR) is 158 cm³/mol. The van der Waals surface area contributed by atoms with Gasteiger partial charge in [0, 0.05) is 75.3 Å². The summed E-state index contributed by atoms with van der Waals surface area (Å²) in [7, 11) is 1.76. The summed E-state index contributed by atoms with van der Waals surface area (Å²) in [6.07, 6.45) is 10.4. The van der Waals surface area contributed by atoms with E-state index in [2.05, 4.69) is 74.4 Å². The number of nitrogens with one attached hydrogen (secondary N) is 1. The van der Waals surface area contributed by atoms with E-state index in [0.29, 0.717) is 18.5 Å². The number of methoxy groups -OCH3 is 1. The van der Waals surface area contributed by atoms with E-state index in [1.807, 2.05) is 0 Å². The number of ether oxygens (including phenoxy) is 1. The molecule has 0 unspecified atom stereocenters. The SMILES string of the molecule is COCCCn1cc(CN(C(=O)[C@H]2CNCC[C@@H]2c2cccc(N3CCCCC3)c2)C2CC2)c2ccccc21. The van der Waals surface area contributed by atoms with Crippen LogP contribution in [-0.4, -0.2) is 61.3 Å². The van der Waals surface area contributed by atoms with Gasteiger partial charge in [0.25, 0.3) is 0 Å². The highest BCUT2D eigenvalue weighted by Crippen LogP contribution is 2.38. The lowest BCUT2D eigenvalue weighted by molar-refractivity contribution is -0.138. The number of benzene rings is 2. The summed E-state index contributed by atoms with van der Waals surface area (Å²) < 4.78 is 7.64. The standard InChI is InChI=1S/C33H44N4O2/c1-39-20-8-19-36-23-26(30-11-3-4-12-32(30)36)24-37(27-13-14-27)33(38)31-22-34-16-15-29(31)25-9-7-10-28(21-25)35-17-5-2-6-18-35/h3-4,7,9-12,21,23,27,29,31,34H,2,5-6,8,13-20,22,24H2,1H3/t29-,31+/m1/s1. The van der Waals surface area contributed by atoms with Crippen molar-refractivity contribution in [3.63, 3.8) is 0 Å². The van der Waals surface area contributed by atoms with Crippen LogP contribution in [0.5, 0.6) is 0 Å². The molecular formula is C33H44N4O2. The van der Waals surface area contributed by atoms with Crippen LogP contribution in [0.25, 0.3) is 10.9 Å². The Hall–Kier alpha value is -2.83. The molecule has 1 N–H and O–H groups in total. The van der Waals surface area contributed by atoms with Gasteiger partial charge in [-0.1, -0.05) is 30.3 Å². The van der Waals surface area contributed by atoms with Crippen LogP contribution in [0.15, 0.2) is 54.7 Å². The molecule has 2 aromatic carbocycles. The van der Waals surface area contributed by atoms with Crippen LogP contribution in [-0.2, 0) is 22.6 Å². The topological polar surface area (TPSA) is 49.7 Å². The average Bonchev–Trinajstić information content (AvgIpc) is 3.78. The number of hydrogen-bond donors (Lipinski definition) is 1. The first-order valence-corrected chi connectivity index (χ1v) is 15.1. The molecule has 1 aromatic heterocycles. The van der Waals surface area contributed by atoms with Gasteiger partial charge < -0.3 is 24.4 Å². The van der Waals surface area contributed by atoms with Crippen LogP contribution in [0, 0.1) is 5.92 Å². The number of carbonyl (C=O) groups is 1. The summed E-state index contributed by atoms with van der Waals surface area (Å²) in [5, 5.41) is 4.82. The van der Waals surface area contributed by atoms with Crippen molar-refractivity contribution >= 4 is 22.5 Å². The minimum absolute atomic E-state index is 0.0222. The van der Waals surface area contributed by atoms with E-state index in [1.165, 1.54) is 47.0 Å². The molecule has 3 aromatic rings. The molecule has 6 nitrogen and oxygen atoms in total. The van der Waals surface area contributed by atoms with Crippen LogP contribution in [0.4, 0.5) is 5.69 Å². The predicted octanol–water partition coefficient (Wildman–Crippen LogP) is 5.55. The molecule has 0 bridgehead atoms. The van der Waals surface area contributed by atoms with E-state index in [1.54, 1.807) is 7.11 Å². The molecule has 2 saturated heterocycles. The van der Waals surface area contributed by atoms with Crippen LogP contribution in [0.2, 0.25) is 0 Å². The highest BCUT2D eigenvalue weighted by Gasteiger charge is 2.40. The van der Waals surface area contributed by atoms with E-state index >= 15 is 0 Å². The van der Waals surface area contributed by atoms with Gasteiger partial charge in [0.15, 0.2) is 0 Å². The zero-order chi connectivity index (χ0) is 26.6. The van der Waals surface area contributed by atoms with Gasteiger partial charge in [-0.05, 0) is 86.7 Å². The largest absolute Gasteiger partial charge is 0.385 e. The third-order valence-corrected chi connectivity index (χ3v) is 9.05. The van der Waals surface area contributed by atoms with Crippen LogP contribution < -0.4 is 10.2 Å². The van der Waals surface area contributed by atoms with Crippen molar-refractivity contribution in [2.75, 3.05) is 44.8 Å². The Morgan fingerprint density at radius 2 is 1.90 bits per heavy atom. The summed E-state index contributed by atoms with van der Waals surface area (Å²) in [5.74, 6) is 0.570. The summed E-state index contributed by atoms with van der Waals surface area (Å²) >= 11 is 0. The normalized spacial score (nSPS) is 21.8. The average molecular weight is 529 g/mol. The quantitative estimate of drug-likeness (QED) is 0.351. The van der Waals surface area contributed by atoms with E-state index in [-0.39, 0.29) is 11.8 Å². The Kier molecular flexibility index (Phi) is 8.21. The second-order valence-electron chi connectivity index (χ2n) is 11.8. The van der Waals surface area contributed by atoms with Gasteiger partial charge in [-0.3, -0.25) is 4.79 Å². The second-order valence-corrected chi connectivity index (χ2v) is 11.8. The fourth-order valence-electron chi connectivity index (χ4n) is 6.80. The van der Waals surface area contributed by atoms with Crippen molar-refractivity contribution in [3.05, 3.63) is 65.9 Å². The molecule has 2 aliphatic heterocycles. The molecule has 0 radical (unpaired) electrons. The minimum Gasteiger partial charge on any atom is -0.385 e. The van der Waals surface area contributed by atoms with Gasteiger partial charge in [0.05, 0.1) is 5.92 Å². The maximum Gasteiger partial charge on any atom is 0.228 e. The summed E-state index contributed by atoms with van der Waals surface area (Å²) in [4.78, 5) is 19.1. The molecular weight excluding hydrogens is 484 g/mol. The lowest BCUT2D eigenvalue weighted by Crippen LogP contribution is -2.47. The van der Waals surface area contributed by atoms with Crippen molar-refractivity contribution in [2.24, 2.45) is 5.92 Å². The monoisotopic (exact) mass is 528 g/mol. The fourth-order valence-corrected chi connectivity index (χ4v) is 6.80. The molecule has 1 amide bonds. The zero-order valence-electron chi connectivity index (χ0n) is 23.5. The summed E-state index contributed by atoms with van der Waals surface area (Å²) in [5.41, 5.74) is 5.18. The number of carbonyl (C=O) groups excluding carboxylic acids is 1. The number of hydrogen-bond acceptors (Lipinski definition) is 4. The molecule has 1 aliphatic carbocycles. The molecule has 2 atom stereocenters. The van der Waals surface area contributed by atoms with Crippen molar-refractivity contribution in [3.8, 4) is 0 Å². The number of rotatable bonds is 10. The summed E-state index contributed by atoms with van der Waals surface area (Å²) in [6.45, 7) is 6.40. The molecule has 3 heterocycles. The van der Waals surface area contributed by atoms with Gasteiger partial charge >= 0.3 is 0 Å². The lowest BCUT2D eigenvalue weighted by atomic mass is 9.80. The van der Waals surface area contributed by atoms with E-state index < -0.39 is 0 Å². The highest BCUT2D eigenvalue weighted by molar-refractivity contribution is 5.85. The number of aromatic nitrogens is 1. The molecule has 6 heteroatoms. The van der Waals surface area contributed by atoms with E-state index in [0.717, 1.165) is 65.0 Å². The second kappa shape index (κ2) is 12.1. The number of para-hydroxylation sites is 1. The summed E-state index contributed by atoms with van der Waals surface area (Å²) in [6, 6.07) is 18.1. The van der Waals surface area contributed by atoms with Gasteiger partial charge in [0.2, 0.25) is 5.91 Å². The number of anilines is 1. The number of nitrogens with zero attached hydrogens (tertiary/aromatic N) is 3. The Balaban J connectivity index is 1.24. The Morgan fingerprint density at radius 3 is 2.72 bits per heavy atom. The molecule has 0 spiro atoms. The first kappa shape index (κ1) is 26.4. The lowest BCUT2D eigenvalue weighted by Gasteiger charge is -2.36. The van der Waals surface area contributed by atoms with Gasteiger partial charge in [-0.2, -0.15) is 0 Å². The smallest absolute Gasteiger partial charge is 0.228 e. The molecule has 3 fully saturated rings. The van der Waals surface area contributed by atoms with Crippen molar-refractivity contribution in [1.82, 2.24) is 14.8 Å². The molecule has 208 valence electrons. The van der Waals surface area contributed by atoms with Gasteiger partial charge in [-0.25, -0.2) is 0 Å².